The van der Waals surface area contributed by atoms with Gasteiger partial charge in [-0.2, -0.15) is 0 Å². The van der Waals surface area contributed by atoms with E-state index in [0.717, 1.165) is 6.54 Å². The molecule has 0 amide bonds. The maximum Gasteiger partial charge on any atom is 0.0113 e. The zero-order valence-corrected chi connectivity index (χ0v) is 12.1. The first-order valence-electron chi connectivity index (χ1n) is 7.07. The predicted octanol–water partition coefficient (Wildman–Crippen LogP) is 4.88. The fraction of sp³-hybridized carbons (Fsp3) is 0.158. The van der Waals surface area contributed by atoms with Crippen LogP contribution >= 0.6 is 0 Å². The summed E-state index contributed by atoms with van der Waals surface area (Å²) in [5.74, 6) is 0. The molecule has 0 atom stereocenters. The van der Waals surface area contributed by atoms with E-state index < -0.39 is 0 Å². The van der Waals surface area contributed by atoms with Crippen molar-refractivity contribution in [2.75, 3.05) is 6.54 Å². The average Bonchev–Trinajstić information content (AvgIpc) is 2.53. The number of hydrogen-bond donors (Lipinski definition) is 1. The molecule has 1 nitrogen and oxygen atoms in total. The Morgan fingerprint density at radius 2 is 1.60 bits per heavy atom. The van der Waals surface area contributed by atoms with Crippen molar-refractivity contribution in [3.05, 3.63) is 78.5 Å². The molecular weight excluding hydrogens is 242 g/mol. The van der Waals surface area contributed by atoms with Gasteiger partial charge in [0.15, 0.2) is 0 Å². The smallest absolute Gasteiger partial charge is 0.0113 e. The molecule has 0 aliphatic heterocycles. The molecule has 0 aliphatic carbocycles. The third kappa shape index (κ3) is 3.61. The summed E-state index contributed by atoms with van der Waals surface area (Å²) in [6, 6.07) is 19.2. The van der Waals surface area contributed by atoms with Crippen LogP contribution in [0.25, 0.3) is 16.7 Å². The van der Waals surface area contributed by atoms with E-state index in [1.165, 1.54) is 22.3 Å². The van der Waals surface area contributed by atoms with E-state index in [2.05, 4.69) is 79.8 Å². The van der Waals surface area contributed by atoms with Gasteiger partial charge in [0.1, 0.15) is 0 Å². The van der Waals surface area contributed by atoms with Gasteiger partial charge in [-0.1, -0.05) is 60.7 Å². The van der Waals surface area contributed by atoms with Crippen molar-refractivity contribution in [2.24, 2.45) is 0 Å². The molecule has 20 heavy (non-hydrogen) atoms. The van der Waals surface area contributed by atoms with Gasteiger partial charge >= 0.3 is 0 Å². The van der Waals surface area contributed by atoms with Gasteiger partial charge in [-0.3, -0.25) is 0 Å². The van der Waals surface area contributed by atoms with Crippen molar-refractivity contribution in [1.29, 1.82) is 0 Å². The molecule has 0 saturated heterocycles. The maximum absolute atomic E-state index is 3.20. The summed E-state index contributed by atoms with van der Waals surface area (Å²) in [5.41, 5.74) is 4.97. The second-order valence-corrected chi connectivity index (χ2v) is 4.58. The number of rotatable bonds is 5. The van der Waals surface area contributed by atoms with Gasteiger partial charge in [0.25, 0.3) is 0 Å². The van der Waals surface area contributed by atoms with Gasteiger partial charge < -0.3 is 5.32 Å². The lowest BCUT2D eigenvalue weighted by Crippen LogP contribution is -2.01. The van der Waals surface area contributed by atoms with Crippen LogP contribution in [0, 0.1) is 0 Å². The van der Waals surface area contributed by atoms with E-state index in [-0.39, 0.29) is 0 Å². The molecule has 0 aromatic heterocycles. The Hall–Kier alpha value is -2.28. The zero-order chi connectivity index (χ0) is 14.2. The van der Waals surface area contributed by atoms with Crippen molar-refractivity contribution in [3.8, 4) is 11.1 Å². The van der Waals surface area contributed by atoms with Crippen LogP contribution in [0.15, 0.2) is 72.9 Å². The van der Waals surface area contributed by atoms with Crippen molar-refractivity contribution in [2.45, 2.75) is 13.8 Å². The third-order valence-electron chi connectivity index (χ3n) is 3.22. The first kappa shape index (κ1) is 14.1. The van der Waals surface area contributed by atoms with Crippen LogP contribution in [0.2, 0.25) is 0 Å². The standard InChI is InChI=1S/C19H21N/c1-3-16(14-15-20-4-2)18-10-12-19(13-11-18)17-8-6-5-7-9-17/h3,5-15,20H,4H2,1-2H3/b15-14-,16-3-. The van der Waals surface area contributed by atoms with Crippen LogP contribution in [0.5, 0.6) is 0 Å². The molecule has 0 unspecified atom stereocenters. The molecule has 1 heteroatoms. The molecule has 102 valence electrons. The van der Waals surface area contributed by atoms with Crippen LogP contribution in [-0.4, -0.2) is 6.54 Å². The van der Waals surface area contributed by atoms with E-state index in [1.54, 1.807) is 0 Å². The van der Waals surface area contributed by atoms with Crippen LogP contribution in [0.4, 0.5) is 0 Å². The van der Waals surface area contributed by atoms with Crippen LogP contribution in [0.3, 0.4) is 0 Å². The summed E-state index contributed by atoms with van der Waals surface area (Å²) < 4.78 is 0. The zero-order valence-electron chi connectivity index (χ0n) is 12.1. The highest BCUT2D eigenvalue weighted by atomic mass is 14.8. The van der Waals surface area contributed by atoms with E-state index >= 15 is 0 Å². The molecule has 0 heterocycles. The molecular formula is C19H21N. The van der Waals surface area contributed by atoms with E-state index in [9.17, 15) is 0 Å². The largest absolute Gasteiger partial charge is 0.391 e. The first-order chi connectivity index (χ1) is 9.85. The minimum Gasteiger partial charge on any atom is -0.391 e. The van der Waals surface area contributed by atoms with Gasteiger partial charge in [-0.15, -0.1) is 0 Å². The average molecular weight is 263 g/mol. The van der Waals surface area contributed by atoms with Gasteiger partial charge in [-0.25, -0.2) is 0 Å². The Balaban J connectivity index is 2.19. The summed E-state index contributed by atoms with van der Waals surface area (Å²) in [7, 11) is 0. The fourth-order valence-electron chi connectivity index (χ4n) is 2.11. The molecule has 0 fully saturated rings. The summed E-state index contributed by atoms with van der Waals surface area (Å²) in [4.78, 5) is 0. The van der Waals surface area contributed by atoms with Crippen LogP contribution in [0.1, 0.15) is 19.4 Å². The Morgan fingerprint density at radius 1 is 0.950 bits per heavy atom. The summed E-state index contributed by atoms with van der Waals surface area (Å²) in [6.07, 6.45) is 6.24. The summed E-state index contributed by atoms with van der Waals surface area (Å²) >= 11 is 0. The lowest BCUT2D eigenvalue weighted by Gasteiger charge is -2.05. The molecule has 0 bridgehead atoms. The SMILES string of the molecule is C/C=C(/C=C\NCC)c1ccc(-c2ccccc2)cc1. The minimum atomic E-state index is 0.945. The molecule has 2 aromatic carbocycles. The summed E-state index contributed by atoms with van der Waals surface area (Å²) in [5, 5.41) is 3.20. The van der Waals surface area contributed by atoms with Gasteiger partial charge in [0.05, 0.1) is 0 Å². The molecule has 0 saturated carbocycles. The molecule has 0 spiro atoms. The number of nitrogens with one attached hydrogen (secondary N) is 1. The quantitative estimate of drug-likeness (QED) is 0.758. The number of allylic oxidation sites excluding steroid dienone is 3. The Kier molecular flexibility index (Phi) is 5.19. The van der Waals surface area contributed by atoms with Crippen molar-refractivity contribution in [3.63, 3.8) is 0 Å². The topological polar surface area (TPSA) is 12.0 Å². The van der Waals surface area contributed by atoms with Gasteiger partial charge in [0, 0.05) is 6.54 Å². The van der Waals surface area contributed by atoms with Crippen molar-refractivity contribution < 1.29 is 0 Å². The highest BCUT2D eigenvalue weighted by Gasteiger charge is 1.99. The monoisotopic (exact) mass is 263 g/mol. The molecule has 2 aromatic rings. The lowest BCUT2D eigenvalue weighted by molar-refractivity contribution is 0.920. The first-order valence-corrected chi connectivity index (χ1v) is 7.07. The molecule has 0 radical (unpaired) electrons. The highest BCUT2D eigenvalue weighted by molar-refractivity contribution is 5.75. The van der Waals surface area contributed by atoms with Crippen LogP contribution < -0.4 is 5.32 Å². The number of hydrogen-bond acceptors (Lipinski definition) is 1. The number of benzene rings is 2. The maximum atomic E-state index is 3.20. The Bertz CT molecular complexity index is 577. The fourth-order valence-corrected chi connectivity index (χ4v) is 2.11. The summed E-state index contributed by atoms with van der Waals surface area (Å²) in [6.45, 7) is 5.10. The Labute approximate surface area is 121 Å². The van der Waals surface area contributed by atoms with Crippen molar-refractivity contribution >= 4 is 5.57 Å². The van der Waals surface area contributed by atoms with E-state index in [1.807, 2.05) is 12.3 Å². The predicted molar refractivity (Wildman–Crippen MR) is 88.3 cm³/mol. The Morgan fingerprint density at radius 3 is 2.20 bits per heavy atom. The molecule has 0 aliphatic rings. The van der Waals surface area contributed by atoms with Crippen LogP contribution in [-0.2, 0) is 0 Å². The van der Waals surface area contributed by atoms with Gasteiger partial charge in [-0.05, 0) is 48.4 Å². The second-order valence-electron chi connectivity index (χ2n) is 4.58. The van der Waals surface area contributed by atoms with Crippen molar-refractivity contribution in [1.82, 2.24) is 5.32 Å². The normalized spacial score (nSPS) is 11.8. The third-order valence-corrected chi connectivity index (χ3v) is 3.22. The molecule has 2 rings (SSSR count). The lowest BCUT2D eigenvalue weighted by atomic mass is 10.0. The second kappa shape index (κ2) is 7.34. The molecule has 1 N–H and O–H groups in total. The minimum absolute atomic E-state index is 0.945. The van der Waals surface area contributed by atoms with Gasteiger partial charge in [0.2, 0.25) is 0 Å². The van der Waals surface area contributed by atoms with E-state index in [4.69, 9.17) is 0 Å². The highest BCUT2D eigenvalue weighted by Crippen LogP contribution is 2.22. The van der Waals surface area contributed by atoms with E-state index in [0.29, 0.717) is 0 Å².